The molecule has 7 heteroatoms. The first kappa shape index (κ1) is 16.4. The maximum Gasteiger partial charge on any atom is 0.244 e. The van der Waals surface area contributed by atoms with Crippen LogP contribution in [-0.2, 0) is 4.79 Å². The third-order valence-electron chi connectivity index (χ3n) is 4.43. The van der Waals surface area contributed by atoms with Gasteiger partial charge in [0.05, 0.1) is 0 Å². The van der Waals surface area contributed by atoms with Crippen LogP contribution in [0, 0.1) is 0 Å². The molecule has 1 aromatic carbocycles. The van der Waals surface area contributed by atoms with Crippen molar-refractivity contribution >= 4 is 17.9 Å². The summed E-state index contributed by atoms with van der Waals surface area (Å²) >= 11 is 0. The van der Waals surface area contributed by atoms with E-state index in [0.717, 1.165) is 30.7 Å². The van der Waals surface area contributed by atoms with E-state index >= 15 is 0 Å². The van der Waals surface area contributed by atoms with Crippen molar-refractivity contribution < 1.29 is 14.3 Å². The number of anilines is 1. The van der Waals surface area contributed by atoms with Crippen LogP contribution in [0.15, 0.2) is 42.7 Å². The number of amides is 1. The zero-order valence-corrected chi connectivity index (χ0v) is 14.3. The second kappa shape index (κ2) is 7.43. The van der Waals surface area contributed by atoms with Crippen molar-refractivity contribution in [3.8, 4) is 11.5 Å². The molecule has 2 aromatic rings. The van der Waals surface area contributed by atoms with Gasteiger partial charge in [-0.25, -0.2) is 9.97 Å². The topological polar surface area (TPSA) is 76.6 Å². The van der Waals surface area contributed by atoms with Crippen LogP contribution in [0.25, 0.3) is 6.08 Å². The Morgan fingerprint density at radius 3 is 2.96 bits per heavy atom. The molecule has 1 atom stereocenters. The van der Waals surface area contributed by atoms with E-state index in [4.69, 9.17) is 9.47 Å². The van der Waals surface area contributed by atoms with Crippen LogP contribution >= 0.6 is 0 Å². The third kappa shape index (κ3) is 3.77. The van der Waals surface area contributed by atoms with Gasteiger partial charge < -0.3 is 19.7 Å². The van der Waals surface area contributed by atoms with Crippen LogP contribution in [0.4, 0.5) is 5.95 Å². The van der Waals surface area contributed by atoms with Crippen molar-refractivity contribution in [2.24, 2.45) is 0 Å². The zero-order valence-electron chi connectivity index (χ0n) is 14.3. The monoisotopic (exact) mass is 352 g/mol. The predicted molar refractivity (Wildman–Crippen MR) is 97.0 cm³/mol. The van der Waals surface area contributed by atoms with Gasteiger partial charge in [-0.3, -0.25) is 4.79 Å². The quantitative estimate of drug-likeness (QED) is 0.848. The second-order valence-corrected chi connectivity index (χ2v) is 6.29. The molecule has 1 amide bonds. The van der Waals surface area contributed by atoms with E-state index < -0.39 is 0 Å². The van der Waals surface area contributed by atoms with Crippen LogP contribution < -0.4 is 19.7 Å². The molecule has 1 unspecified atom stereocenters. The molecule has 1 N–H and O–H groups in total. The molecule has 2 aliphatic heterocycles. The number of hydrogen-bond donors (Lipinski definition) is 1. The van der Waals surface area contributed by atoms with E-state index in [1.807, 2.05) is 18.2 Å². The fourth-order valence-electron chi connectivity index (χ4n) is 3.17. The number of nitrogens with one attached hydrogen (secondary N) is 1. The van der Waals surface area contributed by atoms with Gasteiger partial charge >= 0.3 is 0 Å². The number of rotatable bonds is 4. The van der Waals surface area contributed by atoms with Crippen molar-refractivity contribution in [2.45, 2.75) is 18.9 Å². The van der Waals surface area contributed by atoms with E-state index in [9.17, 15) is 4.79 Å². The zero-order chi connectivity index (χ0) is 17.8. The van der Waals surface area contributed by atoms with Crippen molar-refractivity contribution in [2.75, 3.05) is 24.8 Å². The van der Waals surface area contributed by atoms with Gasteiger partial charge in [0.2, 0.25) is 18.6 Å². The Labute approximate surface area is 151 Å². The Bertz CT molecular complexity index is 810. The number of fused-ring (bicyclic) bond motifs is 1. The van der Waals surface area contributed by atoms with E-state index in [2.05, 4.69) is 20.2 Å². The standard InChI is InChI=1S/C19H20N4O3/c24-18(7-5-14-4-6-16-17(11-14)26-13-25-16)22-15-3-1-10-23(12-15)19-20-8-2-9-21-19/h2,4-9,11,15H,1,3,10,12-13H2,(H,22,24). The molecular formula is C19H20N4O3. The van der Waals surface area contributed by atoms with E-state index in [1.54, 1.807) is 30.6 Å². The number of ether oxygens (including phenoxy) is 2. The van der Waals surface area contributed by atoms with Crippen LogP contribution in [0.5, 0.6) is 11.5 Å². The summed E-state index contributed by atoms with van der Waals surface area (Å²) in [5, 5.41) is 3.06. The van der Waals surface area contributed by atoms with Gasteiger partial charge in [0.25, 0.3) is 0 Å². The highest BCUT2D eigenvalue weighted by atomic mass is 16.7. The summed E-state index contributed by atoms with van der Waals surface area (Å²) in [4.78, 5) is 22.9. The lowest BCUT2D eigenvalue weighted by molar-refractivity contribution is -0.117. The molecule has 1 aromatic heterocycles. The highest BCUT2D eigenvalue weighted by Gasteiger charge is 2.22. The van der Waals surface area contributed by atoms with Gasteiger partial charge in [-0.15, -0.1) is 0 Å². The van der Waals surface area contributed by atoms with Crippen molar-refractivity contribution in [3.05, 3.63) is 48.3 Å². The van der Waals surface area contributed by atoms with Crippen LogP contribution in [0.2, 0.25) is 0 Å². The van der Waals surface area contributed by atoms with E-state index in [1.165, 1.54) is 0 Å². The minimum atomic E-state index is -0.108. The average molecular weight is 352 g/mol. The summed E-state index contributed by atoms with van der Waals surface area (Å²) in [6.07, 6.45) is 8.74. The second-order valence-electron chi connectivity index (χ2n) is 6.29. The Hall–Kier alpha value is -3.09. The van der Waals surface area contributed by atoms with Gasteiger partial charge in [0.1, 0.15) is 0 Å². The number of piperidine rings is 1. The van der Waals surface area contributed by atoms with Crippen LogP contribution in [-0.4, -0.2) is 41.8 Å². The molecular weight excluding hydrogens is 332 g/mol. The van der Waals surface area contributed by atoms with Crippen molar-refractivity contribution in [3.63, 3.8) is 0 Å². The summed E-state index contributed by atoms with van der Waals surface area (Å²) in [6.45, 7) is 1.86. The minimum absolute atomic E-state index is 0.0847. The molecule has 26 heavy (non-hydrogen) atoms. The summed E-state index contributed by atoms with van der Waals surface area (Å²) in [5.74, 6) is 2.04. The maximum absolute atomic E-state index is 12.3. The molecule has 0 aliphatic carbocycles. The van der Waals surface area contributed by atoms with Gasteiger partial charge in [-0.1, -0.05) is 6.07 Å². The predicted octanol–water partition coefficient (Wildman–Crippen LogP) is 2.00. The Kier molecular flexibility index (Phi) is 4.68. The number of nitrogens with zero attached hydrogens (tertiary/aromatic N) is 3. The van der Waals surface area contributed by atoms with Gasteiger partial charge in [0, 0.05) is 37.6 Å². The maximum atomic E-state index is 12.3. The van der Waals surface area contributed by atoms with Gasteiger partial charge in [-0.2, -0.15) is 0 Å². The number of hydrogen-bond acceptors (Lipinski definition) is 6. The highest BCUT2D eigenvalue weighted by Crippen LogP contribution is 2.32. The molecule has 3 heterocycles. The molecule has 0 spiro atoms. The first-order chi connectivity index (χ1) is 12.8. The lowest BCUT2D eigenvalue weighted by Gasteiger charge is -2.32. The average Bonchev–Trinajstić information content (AvgIpc) is 3.15. The van der Waals surface area contributed by atoms with E-state index in [0.29, 0.717) is 18.2 Å². The smallest absolute Gasteiger partial charge is 0.244 e. The van der Waals surface area contributed by atoms with Crippen molar-refractivity contribution in [1.82, 2.24) is 15.3 Å². The number of carbonyl (C=O) groups is 1. The SMILES string of the molecule is O=C(C=Cc1ccc2c(c1)OCO2)NC1CCCN(c2ncccn2)C1. The first-order valence-electron chi connectivity index (χ1n) is 8.68. The molecule has 0 bridgehead atoms. The van der Waals surface area contributed by atoms with E-state index in [-0.39, 0.29) is 18.7 Å². The summed E-state index contributed by atoms with van der Waals surface area (Å²) in [5.41, 5.74) is 0.896. The lowest BCUT2D eigenvalue weighted by Crippen LogP contribution is -2.47. The molecule has 4 rings (SSSR count). The Morgan fingerprint density at radius 1 is 1.23 bits per heavy atom. The Morgan fingerprint density at radius 2 is 2.08 bits per heavy atom. The van der Waals surface area contributed by atoms with Crippen LogP contribution in [0.1, 0.15) is 18.4 Å². The molecule has 2 aliphatic rings. The molecule has 7 nitrogen and oxygen atoms in total. The Balaban J connectivity index is 1.34. The summed E-state index contributed by atoms with van der Waals surface area (Å²) in [6, 6.07) is 7.49. The molecule has 1 saturated heterocycles. The number of benzene rings is 1. The summed E-state index contributed by atoms with van der Waals surface area (Å²) < 4.78 is 10.6. The molecule has 0 radical (unpaired) electrons. The number of aromatic nitrogens is 2. The fraction of sp³-hybridized carbons (Fsp3) is 0.316. The summed E-state index contributed by atoms with van der Waals surface area (Å²) in [7, 11) is 0. The molecule has 134 valence electrons. The highest BCUT2D eigenvalue weighted by molar-refractivity contribution is 5.92. The molecule has 0 saturated carbocycles. The largest absolute Gasteiger partial charge is 0.454 e. The van der Waals surface area contributed by atoms with Crippen LogP contribution in [0.3, 0.4) is 0 Å². The number of carbonyl (C=O) groups excluding carboxylic acids is 1. The van der Waals surface area contributed by atoms with Gasteiger partial charge in [0.15, 0.2) is 11.5 Å². The molecule has 1 fully saturated rings. The first-order valence-corrected chi connectivity index (χ1v) is 8.68. The normalized spacial score (nSPS) is 18.9. The third-order valence-corrected chi connectivity index (χ3v) is 4.43. The van der Waals surface area contributed by atoms with Crippen molar-refractivity contribution in [1.29, 1.82) is 0 Å². The minimum Gasteiger partial charge on any atom is -0.454 e. The van der Waals surface area contributed by atoms with Gasteiger partial charge in [-0.05, 0) is 42.7 Å². The lowest BCUT2D eigenvalue weighted by atomic mass is 10.1. The fourth-order valence-corrected chi connectivity index (χ4v) is 3.17.